The van der Waals surface area contributed by atoms with Crippen molar-refractivity contribution in [2.24, 2.45) is 7.05 Å². The van der Waals surface area contributed by atoms with Gasteiger partial charge in [-0.05, 0) is 70.0 Å². The third-order valence-electron chi connectivity index (χ3n) is 8.19. The van der Waals surface area contributed by atoms with Crippen molar-refractivity contribution < 1.29 is 4.39 Å². The van der Waals surface area contributed by atoms with E-state index in [0.29, 0.717) is 38.7 Å². The molecule has 6 rings (SSSR count). The third kappa shape index (κ3) is 6.45. The summed E-state index contributed by atoms with van der Waals surface area (Å²) in [6.07, 6.45) is 7.31. The smallest absolute Gasteiger partial charge is 0.141 e. The van der Waals surface area contributed by atoms with Crippen molar-refractivity contribution in [2.45, 2.75) is 51.2 Å². The van der Waals surface area contributed by atoms with Crippen LogP contribution in [0.4, 0.5) is 21.5 Å². The molecule has 2 N–H and O–H groups in total. The van der Waals surface area contributed by atoms with E-state index in [9.17, 15) is 9.65 Å². The van der Waals surface area contributed by atoms with Gasteiger partial charge in [0.1, 0.15) is 23.6 Å². The fourth-order valence-corrected chi connectivity index (χ4v) is 6.18. The monoisotopic (exact) mass is 646 g/mol. The number of hydrogen-bond donors (Lipinski definition) is 2. The normalized spacial score (nSPS) is 15.2. The van der Waals surface area contributed by atoms with Gasteiger partial charge in [0, 0.05) is 54.8 Å². The maximum Gasteiger partial charge on any atom is 0.141 e. The SMILES string of the molecule is Cn1ccc([C@H](Nc2cc(Cl)c3ncc(C#N)c(Nc4ccc(F)c(Cl)c4)c3c2)c2cn(C3CCN(C(C)(C)C)CC3)nn2)n1. The summed E-state index contributed by atoms with van der Waals surface area (Å²) in [4.78, 5) is 6.95. The number of aromatic nitrogens is 6. The van der Waals surface area contributed by atoms with E-state index >= 15 is 0 Å². The van der Waals surface area contributed by atoms with Crippen LogP contribution in [0.5, 0.6) is 0 Å². The summed E-state index contributed by atoms with van der Waals surface area (Å²) in [7, 11) is 1.86. The minimum absolute atomic E-state index is 0.0386. The fourth-order valence-electron chi connectivity index (χ4n) is 5.74. The summed E-state index contributed by atoms with van der Waals surface area (Å²) >= 11 is 12.8. The van der Waals surface area contributed by atoms with Gasteiger partial charge in [-0.3, -0.25) is 14.6 Å². The van der Waals surface area contributed by atoms with Gasteiger partial charge in [-0.2, -0.15) is 10.4 Å². The van der Waals surface area contributed by atoms with Gasteiger partial charge in [0.25, 0.3) is 0 Å². The molecule has 0 amide bonds. The molecular weight excluding hydrogens is 614 g/mol. The standard InChI is InChI=1S/C32H33Cl2FN10/c1-32(2,3)44-11-7-22(8-12-44)45-18-28(40-42-45)31(27-9-10-43(4)41-27)39-21-13-23-29(38-20-5-6-26(35)24(33)14-20)19(16-36)17-37-30(23)25(34)15-21/h5-6,9-10,13-15,17-18,22,31,39H,7-8,11-12H2,1-4H3,(H,37,38)/t31-/m0/s1. The molecule has 3 aromatic heterocycles. The maximum atomic E-state index is 13.8. The Bertz CT molecular complexity index is 1900. The lowest BCUT2D eigenvalue weighted by Gasteiger charge is -2.40. The molecule has 0 radical (unpaired) electrons. The van der Waals surface area contributed by atoms with Gasteiger partial charge in [0.15, 0.2) is 0 Å². The van der Waals surface area contributed by atoms with Crippen molar-refractivity contribution in [1.82, 2.24) is 34.7 Å². The summed E-state index contributed by atoms with van der Waals surface area (Å²) in [6, 6.07) is 11.8. The zero-order valence-electron chi connectivity index (χ0n) is 25.4. The number of nitrogens with one attached hydrogen (secondary N) is 2. The molecule has 1 fully saturated rings. The largest absolute Gasteiger partial charge is 0.371 e. The summed E-state index contributed by atoms with van der Waals surface area (Å²) in [5.74, 6) is -0.537. The molecule has 10 nitrogen and oxygen atoms in total. The van der Waals surface area contributed by atoms with Crippen LogP contribution in [0.3, 0.4) is 0 Å². The second-order valence-electron chi connectivity index (χ2n) is 12.3. The fraction of sp³-hybridized carbons (Fsp3) is 0.344. The summed E-state index contributed by atoms with van der Waals surface area (Å²) in [6.45, 7) is 8.74. The highest BCUT2D eigenvalue weighted by Gasteiger charge is 2.29. The third-order valence-corrected chi connectivity index (χ3v) is 8.76. The molecule has 45 heavy (non-hydrogen) atoms. The predicted octanol–water partition coefficient (Wildman–Crippen LogP) is 7.26. The molecule has 0 saturated carbocycles. The first-order chi connectivity index (χ1) is 21.5. The quantitative estimate of drug-likeness (QED) is 0.190. The first kappa shape index (κ1) is 30.8. The van der Waals surface area contributed by atoms with E-state index in [1.165, 1.54) is 18.3 Å². The van der Waals surface area contributed by atoms with Gasteiger partial charge >= 0.3 is 0 Å². The molecule has 13 heteroatoms. The van der Waals surface area contributed by atoms with Crippen molar-refractivity contribution in [3.05, 3.63) is 87.8 Å². The predicted molar refractivity (Wildman–Crippen MR) is 174 cm³/mol. The number of benzene rings is 2. The van der Waals surface area contributed by atoms with E-state index in [0.717, 1.165) is 31.6 Å². The van der Waals surface area contributed by atoms with E-state index in [4.69, 9.17) is 23.2 Å². The Hall–Kier alpha value is -4.24. The molecule has 1 aliphatic heterocycles. The van der Waals surface area contributed by atoms with Gasteiger partial charge in [-0.1, -0.05) is 28.4 Å². The first-order valence-electron chi connectivity index (χ1n) is 14.7. The van der Waals surface area contributed by atoms with Gasteiger partial charge in [0.05, 0.1) is 44.7 Å². The van der Waals surface area contributed by atoms with Crippen molar-refractivity contribution in [3.8, 4) is 6.07 Å². The molecule has 0 spiro atoms. The number of anilines is 3. The van der Waals surface area contributed by atoms with Crippen molar-refractivity contribution >= 4 is 51.2 Å². The first-order valence-corrected chi connectivity index (χ1v) is 15.4. The van der Waals surface area contributed by atoms with Gasteiger partial charge in [-0.15, -0.1) is 5.10 Å². The molecular formula is C32H33Cl2FN10. The highest BCUT2D eigenvalue weighted by molar-refractivity contribution is 6.36. The number of likely N-dealkylation sites (tertiary alicyclic amines) is 1. The zero-order chi connectivity index (χ0) is 31.9. The molecule has 4 heterocycles. The second kappa shape index (κ2) is 12.3. The van der Waals surface area contributed by atoms with Crippen LogP contribution in [0.2, 0.25) is 10.0 Å². The van der Waals surface area contributed by atoms with E-state index in [-0.39, 0.29) is 22.2 Å². The van der Waals surface area contributed by atoms with Crippen molar-refractivity contribution in [1.29, 1.82) is 5.26 Å². The lowest BCUT2D eigenvalue weighted by Crippen LogP contribution is -2.46. The molecule has 0 aliphatic carbocycles. The van der Waals surface area contributed by atoms with Crippen LogP contribution >= 0.6 is 23.2 Å². The number of piperidine rings is 1. The van der Waals surface area contributed by atoms with Crippen LogP contribution in [0.25, 0.3) is 10.9 Å². The zero-order valence-corrected chi connectivity index (χ0v) is 26.9. The Morgan fingerprint density at radius 1 is 1.04 bits per heavy atom. The molecule has 5 aromatic rings. The van der Waals surface area contributed by atoms with Crippen LogP contribution in [-0.4, -0.2) is 53.3 Å². The van der Waals surface area contributed by atoms with Crippen LogP contribution in [0.1, 0.15) is 62.6 Å². The average Bonchev–Trinajstić information content (AvgIpc) is 3.67. The number of aryl methyl sites for hydroxylation is 1. The molecule has 1 saturated heterocycles. The van der Waals surface area contributed by atoms with Crippen molar-refractivity contribution in [2.75, 3.05) is 23.7 Å². The summed E-state index contributed by atoms with van der Waals surface area (Å²) in [5.41, 5.74) is 4.04. The molecule has 0 bridgehead atoms. The number of fused-ring (bicyclic) bond motifs is 1. The molecule has 232 valence electrons. The number of hydrogen-bond acceptors (Lipinski definition) is 8. The Morgan fingerprint density at radius 3 is 2.47 bits per heavy atom. The lowest BCUT2D eigenvalue weighted by atomic mass is 9.98. The highest BCUT2D eigenvalue weighted by atomic mass is 35.5. The van der Waals surface area contributed by atoms with Crippen LogP contribution in [-0.2, 0) is 7.05 Å². The van der Waals surface area contributed by atoms with E-state index in [2.05, 4.69) is 62.8 Å². The summed E-state index contributed by atoms with van der Waals surface area (Å²) < 4.78 is 17.6. The van der Waals surface area contributed by atoms with Crippen LogP contribution < -0.4 is 10.6 Å². The topological polar surface area (TPSA) is 113 Å². The number of pyridine rings is 1. The number of nitrogens with zero attached hydrogens (tertiary/aromatic N) is 8. The van der Waals surface area contributed by atoms with E-state index < -0.39 is 11.9 Å². The van der Waals surface area contributed by atoms with Crippen LogP contribution in [0, 0.1) is 17.1 Å². The lowest BCUT2D eigenvalue weighted by molar-refractivity contribution is 0.0866. The average molecular weight is 648 g/mol. The Labute approximate surface area is 270 Å². The van der Waals surface area contributed by atoms with Gasteiger partial charge in [-0.25, -0.2) is 9.07 Å². The maximum absolute atomic E-state index is 13.8. The van der Waals surface area contributed by atoms with Crippen LogP contribution in [0.15, 0.2) is 55.0 Å². The van der Waals surface area contributed by atoms with Gasteiger partial charge < -0.3 is 10.6 Å². The Balaban J connectivity index is 1.35. The van der Waals surface area contributed by atoms with E-state index in [1.807, 2.05) is 36.3 Å². The number of nitriles is 1. The minimum Gasteiger partial charge on any atom is -0.371 e. The second-order valence-corrected chi connectivity index (χ2v) is 13.1. The Kier molecular flexibility index (Phi) is 8.39. The molecule has 1 aliphatic rings. The number of halogens is 3. The highest BCUT2D eigenvalue weighted by Crippen LogP contribution is 2.37. The summed E-state index contributed by atoms with van der Waals surface area (Å²) in [5, 5.41) is 31.4. The van der Waals surface area contributed by atoms with Crippen molar-refractivity contribution in [3.63, 3.8) is 0 Å². The Morgan fingerprint density at radius 2 is 1.80 bits per heavy atom. The van der Waals surface area contributed by atoms with E-state index in [1.54, 1.807) is 16.8 Å². The molecule has 1 atom stereocenters. The van der Waals surface area contributed by atoms with Gasteiger partial charge in [0.2, 0.25) is 0 Å². The minimum atomic E-state index is -0.537. The molecule has 2 aromatic carbocycles. The molecule has 0 unspecified atom stereocenters. The number of rotatable bonds is 7.